The van der Waals surface area contributed by atoms with Crippen molar-refractivity contribution < 1.29 is 19.0 Å². The smallest absolute Gasteiger partial charge is 0.350 e. The molecule has 0 spiro atoms. The second kappa shape index (κ2) is 6.92. The number of nitrogens with two attached hydrogens (primary N) is 1. The summed E-state index contributed by atoms with van der Waals surface area (Å²) in [6.45, 7) is 9.69. The molecule has 0 unspecified atom stereocenters. The van der Waals surface area contributed by atoms with Crippen LogP contribution in [0.2, 0.25) is 0 Å². The number of aromatic nitrogens is 1. The molecule has 27 heavy (non-hydrogen) atoms. The van der Waals surface area contributed by atoms with Crippen molar-refractivity contribution in [3.05, 3.63) is 16.0 Å². The molecule has 0 bridgehead atoms. The number of morpholine rings is 1. The average molecular weight is 391 g/mol. The predicted molar refractivity (Wildman–Crippen MR) is 106 cm³/mol. The number of pyridine rings is 1. The van der Waals surface area contributed by atoms with Crippen LogP contribution in [0.4, 0.5) is 11.5 Å². The van der Waals surface area contributed by atoms with E-state index in [-0.39, 0.29) is 11.6 Å². The maximum atomic E-state index is 12.3. The van der Waals surface area contributed by atoms with Gasteiger partial charge in [0.25, 0.3) is 0 Å². The molecule has 0 amide bonds. The van der Waals surface area contributed by atoms with Crippen LogP contribution in [0.1, 0.15) is 41.6 Å². The van der Waals surface area contributed by atoms with Crippen LogP contribution < -0.4 is 10.6 Å². The first-order chi connectivity index (χ1) is 12.9. The Bertz CT molecular complexity index is 887. The van der Waals surface area contributed by atoms with Crippen LogP contribution >= 0.6 is 11.3 Å². The van der Waals surface area contributed by atoms with Crippen LogP contribution in [-0.2, 0) is 27.2 Å². The van der Waals surface area contributed by atoms with Crippen molar-refractivity contribution in [2.45, 2.75) is 39.4 Å². The molecule has 8 heteroatoms. The zero-order valence-electron chi connectivity index (χ0n) is 16.0. The van der Waals surface area contributed by atoms with Gasteiger partial charge < -0.3 is 24.8 Å². The summed E-state index contributed by atoms with van der Waals surface area (Å²) in [5.74, 6) is 0.541. The Kier molecular flexibility index (Phi) is 4.73. The van der Waals surface area contributed by atoms with Gasteiger partial charge in [0.2, 0.25) is 0 Å². The Balaban J connectivity index is 1.91. The van der Waals surface area contributed by atoms with Crippen LogP contribution in [0.5, 0.6) is 0 Å². The lowest BCUT2D eigenvalue weighted by molar-refractivity contribution is -0.0396. The molecule has 2 aliphatic heterocycles. The molecular formula is C19H25N3O4S. The number of carbonyl (C=O) groups is 1. The van der Waals surface area contributed by atoms with Gasteiger partial charge >= 0.3 is 5.97 Å². The van der Waals surface area contributed by atoms with Gasteiger partial charge in [-0.3, -0.25) is 0 Å². The molecule has 146 valence electrons. The fourth-order valence-electron chi connectivity index (χ4n) is 3.73. The van der Waals surface area contributed by atoms with Crippen LogP contribution in [0.15, 0.2) is 0 Å². The maximum absolute atomic E-state index is 12.3. The molecule has 2 aromatic heterocycles. The number of thiophene rings is 1. The molecule has 0 aromatic carbocycles. The zero-order chi connectivity index (χ0) is 19.2. The highest BCUT2D eigenvalue weighted by Gasteiger charge is 2.34. The van der Waals surface area contributed by atoms with Crippen molar-refractivity contribution in [1.29, 1.82) is 0 Å². The van der Waals surface area contributed by atoms with E-state index in [0.717, 1.165) is 46.7 Å². The fraction of sp³-hybridized carbons (Fsp3) is 0.579. The van der Waals surface area contributed by atoms with Gasteiger partial charge in [0.15, 0.2) is 0 Å². The Hall–Kier alpha value is -1.90. The number of rotatable bonds is 3. The highest BCUT2D eigenvalue weighted by atomic mass is 32.1. The lowest BCUT2D eigenvalue weighted by Crippen LogP contribution is -2.39. The third kappa shape index (κ3) is 3.26. The van der Waals surface area contributed by atoms with Crippen LogP contribution in [0.25, 0.3) is 10.2 Å². The number of hydrogen-bond donors (Lipinski definition) is 1. The maximum Gasteiger partial charge on any atom is 0.350 e. The summed E-state index contributed by atoms with van der Waals surface area (Å²) in [7, 11) is 0. The molecule has 4 heterocycles. The number of hydrogen-bond acceptors (Lipinski definition) is 8. The van der Waals surface area contributed by atoms with Gasteiger partial charge in [-0.2, -0.15) is 0 Å². The first kappa shape index (κ1) is 18.5. The lowest BCUT2D eigenvalue weighted by Gasteiger charge is -2.36. The van der Waals surface area contributed by atoms with Crippen molar-refractivity contribution in [3.8, 4) is 0 Å². The van der Waals surface area contributed by atoms with Gasteiger partial charge in [-0.25, -0.2) is 9.78 Å². The Labute approximate surface area is 162 Å². The minimum absolute atomic E-state index is 0.290. The number of fused-ring (bicyclic) bond motifs is 3. The molecule has 0 atom stereocenters. The summed E-state index contributed by atoms with van der Waals surface area (Å²) >= 11 is 1.31. The molecule has 2 aromatic rings. The molecular weight excluding hydrogens is 366 g/mol. The second-order valence-electron chi connectivity index (χ2n) is 7.46. The van der Waals surface area contributed by atoms with E-state index in [4.69, 9.17) is 24.9 Å². The highest BCUT2D eigenvalue weighted by Crippen LogP contribution is 2.43. The molecule has 2 N–H and O–H groups in total. The number of nitrogen functional groups attached to an aromatic ring is 1. The molecule has 0 saturated carbocycles. The fourth-order valence-corrected chi connectivity index (χ4v) is 4.74. The summed E-state index contributed by atoms with van der Waals surface area (Å²) in [5.41, 5.74) is 8.81. The first-order valence-electron chi connectivity index (χ1n) is 9.29. The van der Waals surface area contributed by atoms with Crippen molar-refractivity contribution in [2.24, 2.45) is 0 Å². The number of carbonyl (C=O) groups excluding carboxylic acids is 1. The van der Waals surface area contributed by atoms with Gasteiger partial charge in [-0.15, -0.1) is 11.3 Å². The van der Waals surface area contributed by atoms with E-state index in [1.165, 1.54) is 11.3 Å². The number of anilines is 2. The normalized spacial score (nSPS) is 19.1. The summed E-state index contributed by atoms with van der Waals surface area (Å²) in [6.07, 6.45) is 0.724. The van der Waals surface area contributed by atoms with Gasteiger partial charge in [0.1, 0.15) is 15.5 Å². The minimum Gasteiger partial charge on any atom is -0.462 e. The van der Waals surface area contributed by atoms with E-state index >= 15 is 0 Å². The van der Waals surface area contributed by atoms with Crippen LogP contribution in [-0.4, -0.2) is 49.5 Å². The van der Waals surface area contributed by atoms with E-state index in [9.17, 15) is 4.79 Å². The third-order valence-electron chi connectivity index (χ3n) is 5.05. The summed E-state index contributed by atoms with van der Waals surface area (Å²) in [5, 5.41) is 0.881. The van der Waals surface area contributed by atoms with Crippen molar-refractivity contribution in [1.82, 2.24) is 4.98 Å². The molecule has 1 fully saturated rings. The third-order valence-corrected chi connectivity index (χ3v) is 6.13. The summed E-state index contributed by atoms with van der Waals surface area (Å²) < 4.78 is 16.7. The van der Waals surface area contributed by atoms with Crippen molar-refractivity contribution in [2.75, 3.05) is 43.5 Å². The number of esters is 1. The lowest BCUT2D eigenvalue weighted by atomic mass is 9.89. The molecule has 4 rings (SSSR count). The standard InChI is InChI=1S/C19H25N3O4S/c1-4-25-18(23)15-14(20)13-11-9-19(2,3)26-10-12(11)16(21-17(13)27-15)22-5-7-24-8-6-22/h4-10,20H2,1-3H3. The van der Waals surface area contributed by atoms with E-state index in [2.05, 4.69) is 18.7 Å². The van der Waals surface area contributed by atoms with Crippen LogP contribution in [0.3, 0.4) is 0 Å². The SMILES string of the molecule is CCOC(=O)c1sc2nc(N3CCOCC3)c3c(c2c1N)CC(C)(C)OC3. The second-order valence-corrected chi connectivity index (χ2v) is 8.46. The van der Waals surface area contributed by atoms with Crippen molar-refractivity contribution in [3.63, 3.8) is 0 Å². The van der Waals surface area contributed by atoms with E-state index in [0.29, 0.717) is 37.0 Å². The quantitative estimate of drug-likeness (QED) is 0.805. The topological polar surface area (TPSA) is 86.9 Å². The monoisotopic (exact) mass is 391 g/mol. The van der Waals surface area contributed by atoms with E-state index in [1.807, 2.05) is 0 Å². The Morgan fingerprint density at radius 1 is 1.33 bits per heavy atom. The highest BCUT2D eigenvalue weighted by molar-refractivity contribution is 7.21. The molecule has 0 aliphatic carbocycles. The average Bonchev–Trinajstić information content (AvgIpc) is 2.98. The first-order valence-corrected chi connectivity index (χ1v) is 10.1. The molecule has 0 radical (unpaired) electrons. The Morgan fingerprint density at radius 2 is 2.07 bits per heavy atom. The molecule has 2 aliphatic rings. The predicted octanol–water partition coefficient (Wildman–Crippen LogP) is 2.74. The van der Waals surface area contributed by atoms with E-state index in [1.54, 1.807) is 6.92 Å². The summed E-state index contributed by atoms with van der Waals surface area (Å²) in [4.78, 5) is 20.7. The zero-order valence-corrected chi connectivity index (χ0v) is 16.8. The van der Waals surface area contributed by atoms with Gasteiger partial charge in [-0.05, 0) is 26.3 Å². The van der Waals surface area contributed by atoms with Gasteiger partial charge in [0.05, 0.1) is 37.7 Å². The molecule has 7 nitrogen and oxygen atoms in total. The van der Waals surface area contributed by atoms with Gasteiger partial charge in [-0.1, -0.05) is 0 Å². The minimum atomic E-state index is -0.383. The van der Waals surface area contributed by atoms with Crippen LogP contribution in [0, 0.1) is 0 Å². The molecule has 1 saturated heterocycles. The number of ether oxygens (including phenoxy) is 3. The number of nitrogens with zero attached hydrogens (tertiary/aromatic N) is 2. The van der Waals surface area contributed by atoms with Crippen molar-refractivity contribution >= 4 is 39.0 Å². The van der Waals surface area contributed by atoms with E-state index < -0.39 is 0 Å². The largest absolute Gasteiger partial charge is 0.462 e. The van der Waals surface area contributed by atoms with Gasteiger partial charge in [0, 0.05) is 30.5 Å². The Morgan fingerprint density at radius 3 is 2.78 bits per heavy atom. The summed E-state index contributed by atoms with van der Waals surface area (Å²) in [6, 6.07) is 0.